The van der Waals surface area contributed by atoms with Crippen LogP contribution in [0.1, 0.15) is 32.3 Å². The van der Waals surface area contributed by atoms with Gasteiger partial charge >= 0.3 is 0 Å². The van der Waals surface area contributed by atoms with Gasteiger partial charge in [0, 0.05) is 38.3 Å². The lowest BCUT2D eigenvalue weighted by Gasteiger charge is -2.16. The first kappa shape index (κ1) is 15.3. The Kier molecular flexibility index (Phi) is 3.92. The molecule has 23 heavy (non-hydrogen) atoms. The number of nitrogens with two attached hydrogens (primary N) is 2. The number of benzene rings is 1. The van der Waals surface area contributed by atoms with Gasteiger partial charge < -0.3 is 20.9 Å². The van der Waals surface area contributed by atoms with E-state index >= 15 is 0 Å². The van der Waals surface area contributed by atoms with E-state index in [-0.39, 0.29) is 17.9 Å². The van der Waals surface area contributed by atoms with Crippen LogP contribution < -0.4 is 11.5 Å². The maximum Gasteiger partial charge on any atom is 0.270 e. The molecule has 4 N–H and O–H groups in total. The fourth-order valence-corrected chi connectivity index (χ4v) is 3.12. The Balaban J connectivity index is 1.81. The van der Waals surface area contributed by atoms with E-state index in [1.807, 2.05) is 30.3 Å². The van der Waals surface area contributed by atoms with Crippen molar-refractivity contribution in [1.29, 1.82) is 0 Å². The molecule has 0 spiro atoms. The molecule has 2 atom stereocenters. The molecule has 0 radical (unpaired) electrons. The number of hydrogen-bond acceptors (Lipinski definition) is 3. The van der Waals surface area contributed by atoms with Crippen LogP contribution in [0, 0.1) is 0 Å². The number of carbonyl (C=O) groups is 2. The van der Waals surface area contributed by atoms with Crippen LogP contribution in [0.15, 0.2) is 42.6 Å². The number of aryl methyl sites for hydroxylation is 1. The molecule has 0 bridgehead atoms. The van der Waals surface area contributed by atoms with E-state index < -0.39 is 5.91 Å². The van der Waals surface area contributed by atoms with Crippen molar-refractivity contribution in [3.05, 3.63) is 59.4 Å². The van der Waals surface area contributed by atoms with Crippen LogP contribution in [0.25, 0.3) is 0 Å². The van der Waals surface area contributed by atoms with Crippen LogP contribution in [0.2, 0.25) is 0 Å². The number of amides is 2. The number of nitrogens with zero attached hydrogens (tertiary/aromatic N) is 2. The normalized spacial score (nSPS) is 20.7. The maximum absolute atomic E-state index is 12.7. The molecule has 0 saturated carbocycles. The predicted molar refractivity (Wildman–Crippen MR) is 87.0 cm³/mol. The molecule has 120 valence electrons. The van der Waals surface area contributed by atoms with Crippen molar-refractivity contribution >= 4 is 11.8 Å². The molecule has 1 saturated heterocycles. The van der Waals surface area contributed by atoms with Gasteiger partial charge in [-0.3, -0.25) is 9.59 Å². The van der Waals surface area contributed by atoms with Gasteiger partial charge in [-0.05, 0) is 11.6 Å². The van der Waals surface area contributed by atoms with E-state index in [4.69, 9.17) is 11.5 Å². The van der Waals surface area contributed by atoms with Gasteiger partial charge in [0.1, 0.15) is 5.69 Å². The summed E-state index contributed by atoms with van der Waals surface area (Å²) in [6.45, 7) is 1.07. The average molecular weight is 312 g/mol. The molecule has 6 heteroatoms. The number of carbonyl (C=O) groups excluding carboxylic acids is 2. The first-order valence-corrected chi connectivity index (χ1v) is 7.53. The van der Waals surface area contributed by atoms with Crippen LogP contribution in [-0.4, -0.2) is 40.4 Å². The summed E-state index contributed by atoms with van der Waals surface area (Å²) < 4.78 is 1.63. The second kappa shape index (κ2) is 5.89. The van der Waals surface area contributed by atoms with E-state index in [0.717, 1.165) is 5.56 Å². The maximum atomic E-state index is 12.7. The summed E-state index contributed by atoms with van der Waals surface area (Å²) in [6, 6.07) is 11.4. The molecule has 1 aromatic heterocycles. The number of rotatable bonds is 3. The van der Waals surface area contributed by atoms with E-state index in [0.29, 0.717) is 24.3 Å². The molecule has 2 heterocycles. The monoisotopic (exact) mass is 312 g/mol. The van der Waals surface area contributed by atoms with Crippen molar-refractivity contribution in [2.24, 2.45) is 18.5 Å². The molecule has 1 aromatic carbocycles. The highest BCUT2D eigenvalue weighted by Crippen LogP contribution is 2.27. The number of primary amides is 1. The summed E-state index contributed by atoms with van der Waals surface area (Å²) in [5.74, 6) is -0.551. The van der Waals surface area contributed by atoms with Crippen molar-refractivity contribution in [3.8, 4) is 0 Å². The van der Waals surface area contributed by atoms with Crippen molar-refractivity contribution in [2.75, 3.05) is 13.1 Å². The summed E-state index contributed by atoms with van der Waals surface area (Å²) in [4.78, 5) is 25.7. The van der Waals surface area contributed by atoms with Crippen LogP contribution in [0.3, 0.4) is 0 Å². The lowest BCUT2D eigenvalue weighted by Crippen LogP contribution is -2.33. The van der Waals surface area contributed by atoms with Crippen LogP contribution in [-0.2, 0) is 7.05 Å². The van der Waals surface area contributed by atoms with Gasteiger partial charge in [0.2, 0.25) is 5.91 Å². The Bertz CT molecular complexity index is 738. The highest BCUT2D eigenvalue weighted by molar-refractivity contribution is 5.98. The predicted octanol–water partition coefficient (Wildman–Crippen LogP) is 0.691. The summed E-state index contributed by atoms with van der Waals surface area (Å²) in [6.07, 6.45) is 1.57. The highest BCUT2D eigenvalue weighted by Gasteiger charge is 2.35. The Labute approximate surface area is 134 Å². The molecule has 0 unspecified atom stereocenters. The Morgan fingerprint density at radius 3 is 2.48 bits per heavy atom. The summed E-state index contributed by atoms with van der Waals surface area (Å²) in [5.41, 5.74) is 13.4. The van der Waals surface area contributed by atoms with E-state index in [2.05, 4.69) is 0 Å². The Morgan fingerprint density at radius 2 is 1.87 bits per heavy atom. The minimum absolute atomic E-state index is 0.0998. The van der Waals surface area contributed by atoms with Gasteiger partial charge in [-0.15, -0.1) is 0 Å². The van der Waals surface area contributed by atoms with Gasteiger partial charge in [0.25, 0.3) is 5.91 Å². The molecular weight excluding hydrogens is 292 g/mol. The van der Waals surface area contributed by atoms with Crippen molar-refractivity contribution in [2.45, 2.75) is 12.0 Å². The molecule has 6 nitrogen and oxygen atoms in total. The summed E-state index contributed by atoms with van der Waals surface area (Å²) in [5, 5.41) is 0. The zero-order chi connectivity index (χ0) is 16.6. The zero-order valence-electron chi connectivity index (χ0n) is 13.0. The topological polar surface area (TPSA) is 94.3 Å². The molecular formula is C17H20N4O2. The second-order valence-electron chi connectivity index (χ2n) is 5.98. The third kappa shape index (κ3) is 2.85. The van der Waals surface area contributed by atoms with Gasteiger partial charge in [-0.2, -0.15) is 0 Å². The van der Waals surface area contributed by atoms with Gasteiger partial charge in [0.15, 0.2) is 0 Å². The number of likely N-dealkylation sites (tertiary alicyclic amines) is 1. The third-order valence-electron chi connectivity index (χ3n) is 4.39. The fourth-order valence-electron chi connectivity index (χ4n) is 3.12. The number of aromatic nitrogens is 1. The van der Waals surface area contributed by atoms with E-state index in [1.165, 1.54) is 6.07 Å². The van der Waals surface area contributed by atoms with Crippen LogP contribution in [0.4, 0.5) is 0 Å². The van der Waals surface area contributed by atoms with Gasteiger partial charge in [-0.1, -0.05) is 30.3 Å². The SMILES string of the molecule is Cn1cc(C(N)=O)cc1C(=O)N1C[C@@H](N)[C@H](c2ccccc2)C1. The molecule has 0 aliphatic carbocycles. The van der Waals surface area contributed by atoms with E-state index in [1.54, 1.807) is 22.7 Å². The second-order valence-corrected chi connectivity index (χ2v) is 5.98. The molecule has 2 aromatic rings. The molecule has 1 aliphatic heterocycles. The fraction of sp³-hybridized carbons (Fsp3) is 0.294. The molecule has 1 fully saturated rings. The Morgan fingerprint density at radius 1 is 1.17 bits per heavy atom. The lowest BCUT2D eigenvalue weighted by molar-refractivity contribution is 0.0779. The summed E-state index contributed by atoms with van der Waals surface area (Å²) >= 11 is 0. The van der Waals surface area contributed by atoms with Crippen molar-refractivity contribution in [3.63, 3.8) is 0 Å². The lowest BCUT2D eigenvalue weighted by atomic mass is 9.95. The van der Waals surface area contributed by atoms with Gasteiger partial charge in [0.05, 0.1) is 5.56 Å². The van der Waals surface area contributed by atoms with Crippen LogP contribution in [0.5, 0.6) is 0 Å². The minimum atomic E-state index is -0.542. The van der Waals surface area contributed by atoms with Crippen molar-refractivity contribution < 1.29 is 9.59 Å². The quantitative estimate of drug-likeness (QED) is 0.873. The smallest absolute Gasteiger partial charge is 0.270 e. The first-order valence-electron chi connectivity index (χ1n) is 7.53. The summed E-state index contributed by atoms with van der Waals surface area (Å²) in [7, 11) is 1.73. The molecule has 1 aliphatic rings. The molecule has 3 rings (SSSR count). The average Bonchev–Trinajstić information content (AvgIpc) is 3.11. The van der Waals surface area contributed by atoms with Crippen LogP contribution >= 0.6 is 0 Å². The van der Waals surface area contributed by atoms with Crippen molar-refractivity contribution in [1.82, 2.24) is 9.47 Å². The third-order valence-corrected chi connectivity index (χ3v) is 4.39. The minimum Gasteiger partial charge on any atom is -0.366 e. The first-order chi connectivity index (χ1) is 11.0. The largest absolute Gasteiger partial charge is 0.366 e. The Hall–Kier alpha value is -2.60. The number of hydrogen-bond donors (Lipinski definition) is 2. The molecule has 2 amide bonds. The highest BCUT2D eigenvalue weighted by atomic mass is 16.2. The van der Waals surface area contributed by atoms with Gasteiger partial charge in [-0.25, -0.2) is 0 Å². The standard InChI is InChI=1S/C17H20N4O2/c1-20-8-12(16(19)22)7-15(20)17(23)21-9-13(14(18)10-21)11-5-3-2-4-6-11/h2-8,13-14H,9-10,18H2,1H3,(H2,19,22)/t13-,14+/m0/s1. The van der Waals surface area contributed by atoms with E-state index in [9.17, 15) is 9.59 Å². The zero-order valence-corrected chi connectivity index (χ0v) is 13.0.